The first kappa shape index (κ1) is 24.9. The van der Waals surface area contributed by atoms with E-state index in [4.69, 9.17) is 10.00 Å². The second-order valence-corrected chi connectivity index (χ2v) is 10.2. The van der Waals surface area contributed by atoms with E-state index in [2.05, 4.69) is 5.32 Å². The van der Waals surface area contributed by atoms with Crippen molar-refractivity contribution in [1.29, 1.82) is 5.26 Å². The Morgan fingerprint density at radius 1 is 1.24 bits per heavy atom. The molecule has 176 valence electrons. The van der Waals surface area contributed by atoms with Crippen LogP contribution in [0.25, 0.3) is 6.08 Å². The topological polar surface area (TPSA) is 103 Å². The van der Waals surface area contributed by atoms with Gasteiger partial charge in [0.15, 0.2) is 0 Å². The SMILES string of the molecule is CCS(=O)(=O)N1c2ccc(OC3CCNCC3)cc2CC1/C=C/c1cc(C#N)ccc1O.Cl. The van der Waals surface area contributed by atoms with Crippen molar-refractivity contribution >= 4 is 34.2 Å². The molecule has 9 heteroatoms. The summed E-state index contributed by atoms with van der Waals surface area (Å²) in [5, 5.41) is 22.6. The van der Waals surface area contributed by atoms with Crippen LogP contribution in [0, 0.1) is 11.3 Å². The summed E-state index contributed by atoms with van der Waals surface area (Å²) in [4.78, 5) is 0. The van der Waals surface area contributed by atoms with E-state index >= 15 is 0 Å². The van der Waals surface area contributed by atoms with Gasteiger partial charge in [0.1, 0.15) is 17.6 Å². The zero-order valence-corrected chi connectivity index (χ0v) is 20.0. The molecule has 7 nitrogen and oxygen atoms in total. The van der Waals surface area contributed by atoms with Crippen molar-refractivity contribution < 1.29 is 18.3 Å². The highest BCUT2D eigenvalue weighted by Gasteiger charge is 2.35. The number of nitriles is 1. The molecule has 0 saturated carbocycles. The van der Waals surface area contributed by atoms with E-state index in [1.807, 2.05) is 24.3 Å². The summed E-state index contributed by atoms with van der Waals surface area (Å²) >= 11 is 0. The Balaban J connectivity index is 0.00000306. The monoisotopic (exact) mass is 489 g/mol. The highest BCUT2D eigenvalue weighted by molar-refractivity contribution is 7.92. The number of halogens is 1. The Kier molecular flexibility index (Phi) is 7.90. The first-order chi connectivity index (χ1) is 15.4. The fraction of sp³-hybridized carbons (Fsp3) is 0.375. The van der Waals surface area contributed by atoms with Crippen molar-refractivity contribution in [2.75, 3.05) is 23.1 Å². The van der Waals surface area contributed by atoms with Gasteiger partial charge in [-0.3, -0.25) is 4.31 Å². The highest BCUT2D eigenvalue weighted by Crippen LogP contribution is 2.38. The normalized spacial score (nSPS) is 18.5. The number of fused-ring (bicyclic) bond motifs is 1. The summed E-state index contributed by atoms with van der Waals surface area (Å²) in [6.45, 7) is 3.50. The lowest BCUT2D eigenvalue weighted by Gasteiger charge is -2.25. The molecule has 2 aliphatic rings. The summed E-state index contributed by atoms with van der Waals surface area (Å²) in [5.74, 6) is 0.783. The minimum absolute atomic E-state index is 0. The van der Waals surface area contributed by atoms with Gasteiger partial charge in [0.05, 0.1) is 29.1 Å². The van der Waals surface area contributed by atoms with Gasteiger partial charge >= 0.3 is 0 Å². The van der Waals surface area contributed by atoms with Crippen LogP contribution in [0.15, 0.2) is 42.5 Å². The number of benzene rings is 2. The second kappa shape index (κ2) is 10.5. The molecule has 0 radical (unpaired) electrons. The van der Waals surface area contributed by atoms with Crippen LogP contribution in [0.5, 0.6) is 11.5 Å². The van der Waals surface area contributed by atoms with E-state index in [1.165, 1.54) is 16.4 Å². The first-order valence-corrected chi connectivity index (χ1v) is 12.5. The standard InChI is InChI=1S/C24H27N3O4S.ClH/c1-2-32(29,30)27-20(5-4-18-13-17(16-25)3-8-24(18)28)14-19-15-22(6-7-23(19)27)31-21-9-11-26-12-10-21;/h3-8,13,15,20-21,26,28H,2,9-12,14H2,1H3;1H/b5-4+;. The molecule has 2 aromatic rings. The molecule has 2 N–H and O–H groups in total. The van der Waals surface area contributed by atoms with Crippen LogP contribution in [0.3, 0.4) is 0 Å². The number of ether oxygens (including phenoxy) is 1. The number of hydrogen-bond donors (Lipinski definition) is 2. The van der Waals surface area contributed by atoms with Crippen LogP contribution in [0.1, 0.15) is 36.5 Å². The number of aromatic hydroxyl groups is 1. The van der Waals surface area contributed by atoms with Gasteiger partial charge in [-0.1, -0.05) is 12.2 Å². The lowest BCUT2D eigenvalue weighted by molar-refractivity contribution is 0.162. The van der Waals surface area contributed by atoms with Crippen LogP contribution >= 0.6 is 12.4 Å². The van der Waals surface area contributed by atoms with Gasteiger partial charge in [-0.25, -0.2) is 8.42 Å². The third-order valence-electron chi connectivity index (χ3n) is 5.93. The van der Waals surface area contributed by atoms with Gasteiger partial charge in [-0.05, 0) is 81.2 Å². The maximum atomic E-state index is 12.9. The van der Waals surface area contributed by atoms with Gasteiger partial charge in [0.25, 0.3) is 0 Å². The first-order valence-electron chi connectivity index (χ1n) is 10.8. The number of nitrogens with one attached hydrogen (secondary N) is 1. The number of sulfonamides is 1. The molecule has 1 fully saturated rings. The molecule has 1 unspecified atom stereocenters. The quantitative estimate of drug-likeness (QED) is 0.642. The highest BCUT2D eigenvalue weighted by atomic mass is 35.5. The predicted molar refractivity (Wildman–Crippen MR) is 131 cm³/mol. The number of phenolic OH excluding ortho intramolecular Hbond substituents is 1. The summed E-state index contributed by atoms with van der Waals surface area (Å²) < 4.78 is 33.4. The van der Waals surface area contributed by atoms with E-state index in [-0.39, 0.29) is 30.0 Å². The molecule has 2 aromatic carbocycles. The largest absolute Gasteiger partial charge is 0.507 e. The van der Waals surface area contributed by atoms with E-state index in [1.54, 1.807) is 25.1 Å². The number of piperidine rings is 1. The van der Waals surface area contributed by atoms with Crippen molar-refractivity contribution in [1.82, 2.24) is 5.32 Å². The minimum atomic E-state index is -3.51. The Bertz CT molecular complexity index is 1170. The molecule has 0 bridgehead atoms. The van der Waals surface area contributed by atoms with Crippen LogP contribution in [0.4, 0.5) is 5.69 Å². The summed E-state index contributed by atoms with van der Waals surface area (Å²) in [5.41, 5.74) is 2.48. The van der Waals surface area contributed by atoms with Gasteiger partial charge in [0.2, 0.25) is 10.0 Å². The lowest BCUT2D eigenvalue weighted by Crippen LogP contribution is -2.37. The molecule has 4 rings (SSSR count). The molecule has 1 atom stereocenters. The Labute approximate surface area is 201 Å². The fourth-order valence-electron chi connectivity index (χ4n) is 4.22. The van der Waals surface area contributed by atoms with E-state index in [9.17, 15) is 13.5 Å². The van der Waals surface area contributed by atoms with Gasteiger partial charge in [0, 0.05) is 5.56 Å². The molecular formula is C24H28ClN3O4S. The lowest BCUT2D eigenvalue weighted by atomic mass is 10.1. The van der Waals surface area contributed by atoms with E-state index < -0.39 is 16.1 Å². The number of phenols is 1. The average Bonchev–Trinajstić information content (AvgIpc) is 3.17. The van der Waals surface area contributed by atoms with E-state index in [0.717, 1.165) is 37.2 Å². The number of hydrogen-bond acceptors (Lipinski definition) is 6. The number of rotatable bonds is 6. The number of anilines is 1. The van der Waals surface area contributed by atoms with Crippen LogP contribution in [0.2, 0.25) is 0 Å². The fourth-order valence-corrected chi connectivity index (χ4v) is 5.53. The van der Waals surface area contributed by atoms with Gasteiger partial charge in [-0.2, -0.15) is 5.26 Å². The molecule has 0 aromatic heterocycles. The van der Waals surface area contributed by atoms with Gasteiger partial charge in [-0.15, -0.1) is 12.4 Å². The molecule has 2 aliphatic heterocycles. The maximum Gasteiger partial charge on any atom is 0.235 e. The van der Waals surface area contributed by atoms with Crippen molar-refractivity contribution in [3.63, 3.8) is 0 Å². The zero-order valence-electron chi connectivity index (χ0n) is 18.4. The molecule has 33 heavy (non-hydrogen) atoms. The predicted octanol–water partition coefficient (Wildman–Crippen LogP) is 3.61. The molecule has 0 amide bonds. The smallest absolute Gasteiger partial charge is 0.235 e. The molecular weight excluding hydrogens is 462 g/mol. The minimum Gasteiger partial charge on any atom is -0.507 e. The van der Waals surface area contributed by atoms with Crippen LogP contribution in [-0.4, -0.2) is 44.5 Å². The Morgan fingerprint density at radius 2 is 2.00 bits per heavy atom. The van der Waals surface area contributed by atoms with Crippen LogP contribution < -0.4 is 14.4 Å². The summed E-state index contributed by atoms with van der Waals surface area (Å²) in [7, 11) is -3.51. The van der Waals surface area contributed by atoms with Crippen molar-refractivity contribution in [2.45, 2.75) is 38.3 Å². The average molecular weight is 490 g/mol. The molecule has 0 aliphatic carbocycles. The second-order valence-electron chi connectivity index (χ2n) is 8.07. The summed E-state index contributed by atoms with van der Waals surface area (Å²) in [6, 6.07) is 11.8. The number of nitrogens with zero attached hydrogens (tertiary/aromatic N) is 2. The third kappa shape index (κ3) is 5.44. The molecule has 1 saturated heterocycles. The molecule has 0 spiro atoms. The Morgan fingerprint density at radius 3 is 2.70 bits per heavy atom. The Hall–Kier alpha value is -2.73. The van der Waals surface area contributed by atoms with Crippen molar-refractivity contribution in [2.24, 2.45) is 0 Å². The third-order valence-corrected chi connectivity index (χ3v) is 7.72. The van der Waals surface area contributed by atoms with E-state index in [0.29, 0.717) is 23.2 Å². The maximum absolute atomic E-state index is 12.9. The summed E-state index contributed by atoms with van der Waals surface area (Å²) in [6.07, 6.45) is 6.02. The zero-order chi connectivity index (χ0) is 22.7. The van der Waals surface area contributed by atoms with Crippen LogP contribution in [-0.2, 0) is 16.4 Å². The van der Waals surface area contributed by atoms with Crippen molar-refractivity contribution in [3.05, 3.63) is 59.2 Å². The molecule has 2 heterocycles. The van der Waals surface area contributed by atoms with Crippen molar-refractivity contribution in [3.8, 4) is 17.6 Å². The van der Waals surface area contributed by atoms with Gasteiger partial charge < -0.3 is 15.2 Å².